The average Bonchev–Trinajstić information content (AvgIpc) is 2.82. The normalized spacial score (nSPS) is 15.8. The predicted molar refractivity (Wildman–Crippen MR) is 85.1 cm³/mol. The lowest BCUT2D eigenvalue weighted by atomic mass is 9.96. The van der Waals surface area contributed by atoms with E-state index in [1.54, 1.807) is 37.1 Å². The van der Waals surface area contributed by atoms with Gasteiger partial charge in [0, 0.05) is 38.7 Å². The highest BCUT2D eigenvalue weighted by Crippen LogP contribution is 2.22. The van der Waals surface area contributed by atoms with Crippen molar-refractivity contribution in [3.05, 3.63) is 28.7 Å². The molecule has 0 spiro atoms. The molecule has 1 aromatic carbocycles. The number of rotatable bonds is 2. The number of nitrogens with zero attached hydrogens (tertiary/aromatic N) is 2. The summed E-state index contributed by atoms with van der Waals surface area (Å²) >= 11 is 0. The van der Waals surface area contributed by atoms with Crippen molar-refractivity contribution >= 4 is 28.6 Å². The lowest BCUT2D eigenvalue weighted by Crippen LogP contribution is -2.40. The van der Waals surface area contributed by atoms with E-state index >= 15 is 0 Å². The average molecular weight is 317 g/mol. The first kappa shape index (κ1) is 15.3. The predicted octanol–water partition coefficient (Wildman–Crippen LogP) is 1.33. The molecule has 1 aromatic heterocycles. The van der Waals surface area contributed by atoms with Gasteiger partial charge in [-0.1, -0.05) is 0 Å². The Balaban J connectivity index is 1.70. The van der Waals surface area contributed by atoms with E-state index in [0.29, 0.717) is 42.7 Å². The molecule has 1 N–H and O–H groups in total. The first-order valence-corrected chi connectivity index (χ1v) is 7.61. The molecule has 0 aliphatic carbocycles. The van der Waals surface area contributed by atoms with E-state index in [2.05, 4.69) is 5.32 Å². The van der Waals surface area contributed by atoms with E-state index in [-0.39, 0.29) is 17.7 Å². The van der Waals surface area contributed by atoms with Crippen LogP contribution in [0.1, 0.15) is 19.8 Å². The molecule has 7 nitrogen and oxygen atoms in total. The van der Waals surface area contributed by atoms with Gasteiger partial charge in [-0.05, 0) is 31.0 Å². The summed E-state index contributed by atoms with van der Waals surface area (Å²) in [6.07, 6.45) is 1.33. The fraction of sp³-hybridized carbons (Fsp3) is 0.438. The summed E-state index contributed by atoms with van der Waals surface area (Å²) in [5, 5.41) is 2.88. The number of amides is 2. The number of carbonyl (C=O) groups excluding carboxylic acids is 2. The van der Waals surface area contributed by atoms with E-state index in [1.165, 1.54) is 4.57 Å². The van der Waals surface area contributed by atoms with Crippen molar-refractivity contribution in [3.8, 4) is 0 Å². The summed E-state index contributed by atoms with van der Waals surface area (Å²) in [5.41, 5.74) is 1.76. The highest BCUT2D eigenvalue weighted by molar-refractivity contribution is 5.94. The smallest absolute Gasteiger partial charge is 0.408 e. The fourth-order valence-electron chi connectivity index (χ4n) is 2.91. The fourth-order valence-corrected chi connectivity index (χ4v) is 2.91. The van der Waals surface area contributed by atoms with Crippen LogP contribution in [0.4, 0.5) is 5.69 Å². The Kier molecular flexibility index (Phi) is 3.94. The SMILES string of the molecule is CC(=O)N1CCC(C(=O)Nc2ccc3oc(=O)n(C)c3c2)CC1. The zero-order chi connectivity index (χ0) is 16.6. The monoisotopic (exact) mass is 317 g/mol. The van der Waals surface area contributed by atoms with E-state index in [9.17, 15) is 14.4 Å². The number of fused-ring (bicyclic) bond motifs is 1. The van der Waals surface area contributed by atoms with E-state index in [1.807, 2.05) is 0 Å². The molecule has 2 heterocycles. The lowest BCUT2D eigenvalue weighted by molar-refractivity contribution is -0.132. The molecule has 1 saturated heterocycles. The summed E-state index contributed by atoms with van der Waals surface area (Å²) in [7, 11) is 1.62. The van der Waals surface area contributed by atoms with Gasteiger partial charge in [-0.25, -0.2) is 4.79 Å². The van der Waals surface area contributed by atoms with Crippen molar-refractivity contribution in [2.24, 2.45) is 13.0 Å². The van der Waals surface area contributed by atoms with Crippen LogP contribution in [0.5, 0.6) is 0 Å². The minimum absolute atomic E-state index is 0.0511. The molecule has 7 heteroatoms. The Bertz CT molecular complexity index is 812. The minimum atomic E-state index is -0.430. The molecule has 122 valence electrons. The van der Waals surface area contributed by atoms with Crippen LogP contribution in [-0.2, 0) is 16.6 Å². The van der Waals surface area contributed by atoms with Gasteiger partial charge < -0.3 is 14.6 Å². The van der Waals surface area contributed by atoms with Gasteiger partial charge in [0.25, 0.3) is 0 Å². The van der Waals surface area contributed by atoms with Gasteiger partial charge in [-0.3, -0.25) is 14.2 Å². The Hall–Kier alpha value is -2.57. The van der Waals surface area contributed by atoms with Crippen molar-refractivity contribution in [1.29, 1.82) is 0 Å². The topological polar surface area (TPSA) is 84.6 Å². The molecule has 1 aliphatic heterocycles. The molecule has 2 aromatic rings. The van der Waals surface area contributed by atoms with Crippen molar-refractivity contribution in [2.75, 3.05) is 18.4 Å². The van der Waals surface area contributed by atoms with E-state index in [4.69, 9.17) is 4.42 Å². The summed E-state index contributed by atoms with van der Waals surface area (Å²) < 4.78 is 6.47. The van der Waals surface area contributed by atoms with Crippen LogP contribution >= 0.6 is 0 Å². The van der Waals surface area contributed by atoms with Crippen molar-refractivity contribution in [1.82, 2.24) is 9.47 Å². The number of piperidine rings is 1. The molecular weight excluding hydrogens is 298 g/mol. The number of anilines is 1. The number of aryl methyl sites for hydroxylation is 1. The molecule has 0 saturated carbocycles. The maximum atomic E-state index is 12.4. The van der Waals surface area contributed by atoms with Gasteiger partial charge in [-0.15, -0.1) is 0 Å². The molecule has 0 atom stereocenters. The second-order valence-corrected chi connectivity index (χ2v) is 5.88. The van der Waals surface area contributed by atoms with Crippen LogP contribution in [-0.4, -0.2) is 34.4 Å². The minimum Gasteiger partial charge on any atom is -0.408 e. The highest BCUT2D eigenvalue weighted by atomic mass is 16.4. The standard InChI is InChI=1S/C16H19N3O4/c1-10(20)19-7-5-11(6-8-19)15(21)17-12-3-4-14-13(9-12)18(2)16(22)23-14/h3-4,9,11H,5-8H2,1-2H3,(H,17,21). The number of nitrogens with one attached hydrogen (secondary N) is 1. The van der Waals surface area contributed by atoms with Gasteiger partial charge in [0.1, 0.15) is 0 Å². The maximum Gasteiger partial charge on any atom is 0.419 e. The van der Waals surface area contributed by atoms with Crippen molar-refractivity contribution in [3.63, 3.8) is 0 Å². The summed E-state index contributed by atoms with van der Waals surface area (Å²) in [6.45, 7) is 2.77. The highest BCUT2D eigenvalue weighted by Gasteiger charge is 2.26. The number of carbonyl (C=O) groups is 2. The second kappa shape index (κ2) is 5.91. The third-order valence-electron chi connectivity index (χ3n) is 4.37. The third kappa shape index (κ3) is 2.99. The molecule has 23 heavy (non-hydrogen) atoms. The summed E-state index contributed by atoms with van der Waals surface area (Å²) in [6, 6.07) is 5.11. The molecule has 0 bridgehead atoms. The van der Waals surface area contributed by atoms with Crippen LogP contribution in [0.2, 0.25) is 0 Å². The quantitative estimate of drug-likeness (QED) is 0.905. The number of aromatic nitrogens is 1. The zero-order valence-corrected chi connectivity index (χ0v) is 13.2. The van der Waals surface area contributed by atoms with Gasteiger partial charge in [0.05, 0.1) is 5.52 Å². The Morgan fingerprint density at radius 2 is 1.96 bits per heavy atom. The maximum absolute atomic E-state index is 12.4. The van der Waals surface area contributed by atoms with Crippen LogP contribution in [0.25, 0.3) is 11.1 Å². The molecule has 0 unspecified atom stereocenters. The molecule has 0 radical (unpaired) electrons. The number of hydrogen-bond donors (Lipinski definition) is 1. The van der Waals surface area contributed by atoms with Crippen LogP contribution in [0, 0.1) is 5.92 Å². The zero-order valence-electron chi connectivity index (χ0n) is 13.2. The summed E-state index contributed by atoms with van der Waals surface area (Å²) in [4.78, 5) is 36.9. The molecule has 2 amide bonds. The van der Waals surface area contributed by atoms with Crippen molar-refractivity contribution in [2.45, 2.75) is 19.8 Å². The number of benzene rings is 1. The van der Waals surface area contributed by atoms with Gasteiger partial charge in [0.15, 0.2) is 5.58 Å². The first-order chi connectivity index (χ1) is 11.0. The van der Waals surface area contributed by atoms with Gasteiger partial charge in [0.2, 0.25) is 11.8 Å². The Labute approximate surface area is 132 Å². The molecule has 1 aliphatic rings. The van der Waals surface area contributed by atoms with Crippen LogP contribution in [0.3, 0.4) is 0 Å². The van der Waals surface area contributed by atoms with Gasteiger partial charge in [-0.2, -0.15) is 0 Å². The lowest BCUT2D eigenvalue weighted by Gasteiger charge is -2.30. The Morgan fingerprint density at radius 3 is 2.61 bits per heavy atom. The van der Waals surface area contributed by atoms with E-state index < -0.39 is 5.76 Å². The third-order valence-corrected chi connectivity index (χ3v) is 4.37. The number of oxazole rings is 1. The number of hydrogen-bond acceptors (Lipinski definition) is 4. The molecular formula is C16H19N3O4. The Morgan fingerprint density at radius 1 is 1.26 bits per heavy atom. The van der Waals surface area contributed by atoms with E-state index in [0.717, 1.165) is 0 Å². The van der Waals surface area contributed by atoms with Crippen LogP contribution < -0.4 is 11.1 Å². The van der Waals surface area contributed by atoms with Crippen molar-refractivity contribution < 1.29 is 14.0 Å². The molecule has 3 rings (SSSR count). The molecule has 1 fully saturated rings. The van der Waals surface area contributed by atoms with Crippen LogP contribution in [0.15, 0.2) is 27.4 Å². The second-order valence-electron chi connectivity index (χ2n) is 5.88. The van der Waals surface area contributed by atoms with Gasteiger partial charge >= 0.3 is 5.76 Å². The largest absolute Gasteiger partial charge is 0.419 e. The first-order valence-electron chi connectivity index (χ1n) is 7.61. The summed E-state index contributed by atoms with van der Waals surface area (Å²) in [5.74, 6) is -0.536. The number of likely N-dealkylation sites (tertiary alicyclic amines) is 1.